The third-order valence-corrected chi connectivity index (χ3v) is 2.06. The maximum atomic E-state index is 2.21. The number of hydrogen-bond donors (Lipinski definition) is 0. The topological polar surface area (TPSA) is 0 Å². The van der Waals surface area contributed by atoms with Crippen LogP contribution in [0.1, 0.15) is 39.5 Å². The minimum Gasteiger partial charge on any atom is -0.0914 e. The Morgan fingerprint density at radius 3 is 0.938 bits per heavy atom. The minimum absolute atomic E-state index is 1.04. The second-order valence-corrected chi connectivity index (χ2v) is 3.50. The Morgan fingerprint density at radius 1 is 0.438 bits per heavy atom. The van der Waals surface area contributed by atoms with Gasteiger partial charge in [-0.3, -0.25) is 0 Å². The van der Waals surface area contributed by atoms with E-state index < -0.39 is 0 Å². The molecule has 0 heterocycles. The lowest BCUT2D eigenvalue weighted by Gasteiger charge is -1.84. The molecule has 0 unspecified atom stereocenters. The van der Waals surface area contributed by atoms with Crippen LogP contribution in [0.5, 0.6) is 0 Å². The molecule has 0 aliphatic heterocycles. The molecule has 0 rings (SSSR count). The highest BCUT2D eigenvalue weighted by molar-refractivity contribution is 5.00. The highest BCUT2D eigenvalue weighted by Crippen LogP contribution is 1.94. The van der Waals surface area contributed by atoms with E-state index in [0.717, 1.165) is 25.7 Å². The van der Waals surface area contributed by atoms with Gasteiger partial charge in [0.2, 0.25) is 0 Å². The highest BCUT2D eigenvalue weighted by atomic mass is 13.8. The minimum atomic E-state index is 1.04. The summed E-state index contributed by atoms with van der Waals surface area (Å²) in [5.41, 5.74) is 0. The van der Waals surface area contributed by atoms with Gasteiger partial charge in [-0.1, -0.05) is 60.8 Å². The van der Waals surface area contributed by atoms with Crippen molar-refractivity contribution < 1.29 is 0 Å². The molecule has 0 saturated carbocycles. The van der Waals surface area contributed by atoms with Crippen molar-refractivity contribution in [2.75, 3.05) is 0 Å². The molecule has 0 heteroatoms. The van der Waals surface area contributed by atoms with E-state index in [1.165, 1.54) is 0 Å². The van der Waals surface area contributed by atoms with Crippen LogP contribution in [-0.4, -0.2) is 0 Å². The number of hydrogen-bond acceptors (Lipinski definition) is 0. The normalized spacial score (nSPS) is 13.4. The lowest BCUT2D eigenvalue weighted by atomic mass is 10.2. The first-order chi connectivity index (χ1) is 7.91. The summed E-state index contributed by atoms with van der Waals surface area (Å²) >= 11 is 0. The molecule has 0 N–H and O–H groups in total. The van der Waals surface area contributed by atoms with E-state index in [0.29, 0.717) is 0 Å². The molecular weight excluding hydrogens is 192 g/mol. The van der Waals surface area contributed by atoms with Crippen LogP contribution in [0.25, 0.3) is 0 Å². The molecule has 0 aromatic heterocycles. The fourth-order valence-corrected chi connectivity index (χ4v) is 1.16. The molecule has 0 aromatic rings. The lowest BCUT2D eigenvalue weighted by Crippen LogP contribution is -1.63. The van der Waals surface area contributed by atoms with Gasteiger partial charge in [-0.05, 0) is 39.5 Å². The van der Waals surface area contributed by atoms with Gasteiger partial charge in [0.1, 0.15) is 0 Å². The first-order valence-corrected chi connectivity index (χ1v) is 6.09. The van der Waals surface area contributed by atoms with Crippen molar-refractivity contribution in [2.45, 2.75) is 39.5 Å². The molecule has 0 atom stereocenters. The van der Waals surface area contributed by atoms with E-state index in [1.807, 2.05) is 13.8 Å². The molecule has 0 fully saturated rings. The third-order valence-electron chi connectivity index (χ3n) is 2.06. The molecule has 0 aliphatic carbocycles. The first-order valence-electron chi connectivity index (χ1n) is 6.09. The molecule has 0 aromatic carbocycles. The number of allylic oxidation sites excluding steroid dienone is 10. The Kier molecular flexibility index (Phi) is 12.6. The summed E-state index contributed by atoms with van der Waals surface area (Å²) in [4.78, 5) is 0. The molecule has 0 saturated heterocycles. The summed E-state index contributed by atoms with van der Waals surface area (Å²) in [7, 11) is 0. The Labute approximate surface area is 101 Å². The Bertz CT molecular complexity index is 234. The van der Waals surface area contributed by atoms with Gasteiger partial charge in [-0.2, -0.15) is 0 Å². The molecule has 16 heavy (non-hydrogen) atoms. The van der Waals surface area contributed by atoms with Crippen molar-refractivity contribution in [3.8, 4) is 0 Å². The molecule has 0 radical (unpaired) electrons. The van der Waals surface area contributed by atoms with Crippen LogP contribution in [-0.2, 0) is 0 Å². The summed E-state index contributed by atoms with van der Waals surface area (Å²) < 4.78 is 0. The zero-order valence-electron chi connectivity index (χ0n) is 10.6. The van der Waals surface area contributed by atoms with Crippen molar-refractivity contribution in [2.24, 2.45) is 0 Å². The zero-order valence-corrected chi connectivity index (χ0v) is 10.6. The summed E-state index contributed by atoms with van der Waals surface area (Å²) in [6.45, 7) is 4.10. The van der Waals surface area contributed by atoms with E-state index in [-0.39, 0.29) is 0 Å². The summed E-state index contributed by atoms with van der Waals surface area (Å²) in [5.74, 6) is 0. The van der Waals surface area contributed by atoms with Gasteiger partial charge in [0.15, 0.2) is 0 Å². The fourth-order valence-electron chi connectivity index (χ4n) is 1.16. The average molecular weight is 216 g/mol. The van der Waals surface area contributed by atoms with E-state index in [2.05, 4.69) is 60.8 Å². The monoisotopic (exact) mass is 216 g/mol. The van der Waals surface area contributed by atoms with Crippen molar-refractivity contribution in [1.82, 2.24) is 0 Å². The Balaban J connectivity index is 3.40. The molecule has 0 nitrogen and oxygen atoms in total. The second-order valence-electron chi connectivity index (χ2n) is 3.50. The van der Waals surface area contributed by atoms with Crippen molar-refractivity contribution in [3.05, 3.63) is 60.8 Å². The predicted molar refractivity (Wildman–Crippen MR) is 75.5 cm³/mol. The summed E-state index contributed by atoms with van der Waals surface area (Å²) in [6, 6.07) is 0. The van der Waals surface area contributed by atoms with Crippen molar-refractivity contribution >= 4 is 0 Å². The van der Waals surface area contributed by atoms with Gasteiger partial charge in [0.25, 0.3) is 0 Å². The zero-order chi connectivity index (χ0) is 11.9. The van der Waals surface area contributed by atoms with Gasteiger partial charge in [-0.25, -0.2) is 0 Å². The fraction of sp³-hybridized carbons (Fsp3) is 0.375. The van der Waals surface area contributed by atoms with Gasteiger partial charge in [-0.15, -0.1) is 0 Å². The van der Waals surface area contributed by atoms with Crippen LogP contribution in [0.3, 0.4) is 0 Å². The maximum Gasteiger partial charge on any atom is -0.0169 e. The molecular formula is C16H24. The van der Waals surface area contributed by atoms with Gasteiger partial charge in [0.05, 0.1) is 0 Å². The Hall–Kier alpha value is -1.30. The van der Waals surface area contributed by atoms with Crippen LogP contribution < -0.4 is 0 Å². The molecule has 0 amide bonds. The van der Waals surface area contributed by atoms with Gasteiger partial charge in [0, 0.05) is 0 Å². The van der Waals surface area contributed by atoms with E-state index in [1.54, 1.807) is 0 Å². The molecule has 0 spiro atoms. The summed E-state index contributed by atoms with van der Waals surface area (Å²) in [5, 5.41) is 0. The van der Waals surface area contributed by atoms with Gasteiger partial charge < -0.3 is 0 Å². The molecule has 0 aliphatic rings. The molecule has 88 valence electrons. The van der Waals surface area contributed by atoms with E-state index >= 15 is 0 Å². The largest absolute Gasteiger partial charge is 0.0914 e. The van der Waals surface area contributed by atoms with E-state index in [4.69, 9.17) is 0 Å². The summed E-state index contributed by atoms with van der Waals surface area (Å²) in [6.07, 6.45) is 25.9. The SMILES string of the molecule is C/C=C/C/C=C/C/C=C/C/C=C/C/C=C/C. The smallest absolute Gasteiger partial charge is 0.0169 e. The van der Waals surface area contributed by atoms with Crippen LogP contribution >= 0.6 is 0 Å². The Morgan fingerprint density at radius 2 is 0.688 bits per heavy atom. The highest BCUT2D eigenvalue weighted by Gasteiger charge is 1.73. The van der Waals surface area contributed by atoms with E-state index in [9.17, 15) is 0 Å². The third kappa shape index (κ3) is 12.7. The molecule has 0 bridgehead atoms. The van der Waals surface area contributed by atoms with Crippen LogP contribution in [0, 0.1) is 0 Å². The quantitative estimate of drug-likeness (QED) is 0.479. The van der Waals surface area contributed by atoms with Crippen molar-refractivity contribution in [1.29, 1.82) is 0 Å². The second kappa shape index (κ2) is 13.7. The standard InChI is InChI=1S/C16H24/c1-3-5-7-9-11-13-15-16-14-12-10-8-6-4-2/h3-6,9-12,15-16H,7-8,13-14H2,1-2H3/b5-3+,6-4+,11-9+,12-10+,16-15+. The first kappa shape index (κ1) is 14.7. The predicted octanol–water partition coefficient (Wildman–Crippen LogP) is 5.37. The van der Waals surface area contributed by atoms with Crippen LogP contribution in [0.15, 0.2) is 60.8 Å². The van der Waals surface area contributed by atoms with Crippen LogP contribution in [0.4, 0.5) is 0 Å². The van der Waals surface area contributed by atoms with Crippen LogP contribution in [0.2, 0.25) is 0 Å². The lowest BCUT2D eigenvalue weighted by molar-refractivity contribution is 1.26. The average Bonchev–Trinajstić information content (AvgIpc) is 2.31. The number of rotatable bonds is 8. The van der Waals surface area contributed by atoms with Crippen molar-refractivity contribution in [3.63, 3.8) is 0 Å². The van der Waals surface area contributed by atoms with Gasteiger partial charge >= 0.3 is 0 Å². The maximum absolute atomic E-state index is 2.21.